The van der Waals surface area contributed by atoms with Crippen molar-refractivity contribution < 1.29 is 14.3 Å². The van der Waals surface area contributed by atoms with Crippen LogP contribution in [0, 0.1) is 0 Å². The highest BCUT2D eigenvalue weighted by atomic mass is 16.6. The number of carbonyl (C=O) groups is 2. The van der Waals surface area contributed by atoms with Crippen LogP contribution in [0.1, 0.15) is 40.5 Å². The van der Waals surface area contributed by atoms with Crippen molar-refractivity contribution in [2.24, 2.45) is 0 Å². The standard InChI is InChI=1S/C13H23NO3/c1-6-7-8-9-11(10-15)14(5)12(16)17-13(2,3)4/h8-11H,6-7H2,1-5H3/b9-8+. The Labute approximate surface area is 104 Å². The SMILES string of the molecule is CCC/C=C/C(C=O)N(C)C(=O)OC(C)(C)C. The van der Waals surface area contributed by atoms with E-state index in [9.17, 15) is 9.59 Å². The maximum atomic E-state index is 11.7. The van der Waals surface area contributed by atoms with Gasteiger partial charge in [-0.1, -0.05) is 25.5 Å². The molecule has 0 N–H and O–H groups in total. The number of aldehydes is 1. The number of carbonyl (C=O) groups excluding carboxylic acids is 2. The first-order valence-electron chi connectivity index (χ1n) is 5.89. The number of hydrogen-bond donors (Lipinski definition) is 0. The van der Waals surface area contributed by atoms with Crippen molar-refractivity contribution in [3.05, 3.63) is 12.2 Å². The topological polar surface area (TPSA) is 46.6 Å². The Hall–Kier alpha value is -1.32. The minimum atomic E-state index is -0.559. The van der Waals surface area contributed by atoms with Gasteiger partial charge >= 0.3 is 6.09 Å². The fourth-order valence-corrected chi connectivity index (χ4v) is 1.12. The Morgan fingerprint density at radius 2 is 2.00 bits per heavy atom. The summed E-state index contributed by atoms with van der Waals surface area (Å²) >= 11 is 0. The van der Waals surface area contributed by atoms with Crippen LogP contribution in [0.2, 0.25) is 0 Å². The largest absolute Gasteiger partial charge is 0.444 e. The van der Waals surface area contributed by atoms with Crippen LogP contribution in [0.3, 0.4) is 0 Å². The summed E-state index contributed by atoms with van der Waals surface area (Å²) in [5.74, 6) is 0. The molecular formula is C13H23NO3. The lowest BCUT2D eigenvalue weighted by molar-refractivity contribution is -0.110. The molecule has 0 fully saturated rings. The average Bonchev–Trinajstić information content (AvgIpc) is 2.21. The van der Waals surface area contributed by atoms with Crippen molar-refractivity contribution in [1.82, 2.24) is 4.90 Å². The zero-order chi connectivity index (χ0) is 13.5. The minimum Gasteiger partial charge on any atom is -0.444 e. The minimum absolute atomic E-state index is 0.490. The van der Waals surface area contributed by atoms with E-state index in [-0.39, 0.29) is 0 Å². The van der Waals surface area contributed by atoms with Crippen molar-refractivity contribution in [2.75, 3.05) is 7.05 Å². The number of allylic oxidation sites excluding steroid dienone is 1. The molecule has 0 aromatic rings. The van der Waals surface area contributed by atoms with Gasteiger partial charge in [-0.3, -0.25) is 4.90 Å². The number of rotatable bonds is 5. The Kier molecular flexibility index (Phi) is 6.54. The van der Waals surface area contributed by atoms with Gasteiger partial charge in [-0.05, 0) is 27.2 Å². The van der Waals surface area contributed by atoms with Gasteiger partial charge in [-0.25, -0.2) is 4.79 Å². The second kappa shape index (κ2) is 7.09. The molecule has 0 aliphatic heterocycles. The summed E-state index contributed by atoms with van der Waals surface area (Å²) in [5.41, 5.74) is -0.550. The smallest absolute Gasteiger partial charge is 0.410 e. The predicted octanol–water partition coefficient (Wildman–Crippen LogP) is 2.78. The van der Waals surface area contributed by atoms with Gasteiger partial charge in [0.15, 0.2) is 0 Å². The molecule has 4 heteroatoms. The van der Waals surface area contributed by atoms with Crippen LogP contribution in [0.4, 0.5) is 4.79 Å². The molecule has 0 aliphatic rings. The quantitative estimate of drug-likeness (QED) is 0.549. The van der Waals surface area contributed by atoms with Gasteiger partial charge in [0.2, 0.25) is 0 Å². The van der Waals surface area contributed by atoms with E-state index in [0.717, 1.165) is 19.1 Å². The highest BCUT2D eigenvalue weighted by Crippen LogP contribution is 2.10. The van der Waals surface area contributed by atoms with Crippen molar-refractivity contribution in [3.8, 4) is 0 Å². The van der Waals surface area contributed by atoms with Crippen molar-refractivity contribution in [3.63, 3.8) is 0 Å². The van der Waals surface area contributed by atoms with E-state index in [1.54, 1.807) is 33.9 Å². The molecule has 0 saturated carbocycles. The van der Waals surface area contributed by atoms with Crippen molar-refractivity contribution >= 4 is 12.4 Å². The summed E-state index contributed by atoms with van der Waals surface area (Å²) in [7, 11) is 1.56. The second-order valence-electron chi connectivity index (χ2n) is 4.93. The first kappa shape index (κ1) is 15.7. The summed E-state index contributed by atoms with van der Waals surface area (Å²) in [6.07, 6.45) is 5.77. The molecule has 0 spiro atoms. The Morgan fingerprint density at radius 1 is 1.41 bits per heavy atom. The van der Waals surface area contributed by atoms with Crippen LogP contribution in [0.25, 0.3) is 0 Å². The maximum absolute atomic E-state index is 11.7. The van der Waals surface area contributed by atoms with Crippen LogP contribution < -0.4 is 0 Å². The van der Waals surface area contributed by atoms with Crippen molar-refractivity contribution in [2.45, 2.75) is 52.2 Å². The van der Waals surface area contributed by atoms with E-state index in [2.05, 4.69) is 6.92 Å². The van der Waals surface area contributed by atoms with E-state index >= 15 is 0 Å². The molecule has 98 valence electrons. The van der Waals surface area contributed by atoms with Crippen LogP contribution in [0.15, 0.2) is 12.2 Å². The third-order valence-electron chi connectivity index (χ3n) is 2.06. The average molecular weight is 241 g/mol. The fourth-order valence-electron chi connectivity index (χ4n) is 1.12. The maximum Gasteiger partial charge on any atom is 0.410 e. The normalized spacial score (nSPS) is 13.5. The van der Waals surface area contributed by atoms with E-state index in [0.29, 0.717) is 0 Å². The lowest BCUT2D eigenvalue weighted by Gasteiger charge is -2.26. The Bertz CT molecular complexity index is 279. The first-order chi connectivity index (χ1) is 7.81. The molecule has 1 atom stereocenters. The van der Waals surface area contributed by atoms with E-state index in [1.807, 2.05) is 6.08 Å². The molecule has 0 rings (SSSR count). The molecule has 1 unspecified atom stereocenters. The van der Waals surface area contributed by atoms with Gasteiger partial charge in [-0.15, -0.1) is 0 Å². The first-order valence-corrected chi connectivity index (χ1v) is 5.89. The lowest BCUT2D eigenvalue weighted by Crippen LogP contribution is -2.40. The molecule has 0 heterocycles. The highest BCUT2D eigenvalue weighted by molar-refractivity contribution is 5.74. The predicted molar refractivity (Wildman–Crippen MR) is 67.9 cm³/mol. The summed E-state index contributed by atoms with van der Waals surface area (Å²) in [4.78, 5) is 23.9. The molecule has 0 aromatic heterocycles. The van der Waals surface area contributed by atoms with Crippen molar-refractivity contribution in [1.29, 1.82) is 0 Å². The third kappa shape index (κ3) is 6.76. The van der Waals surface area contributed by atoms with Gasteiger partial charge in [0.25, 0.3) is 0 Å². The Morgan fingerprint density at radius 3 is 2.41 bits per heavy atom. The van der Waals surface area contributed by atoms with Crippen LogP contribution in [-0.4, -0.2) is 36.0 Å². The van der Waals surface area contributed by atoms with Crippen LogP contribution in [0.5, 0.6) is 0 Å². The Balaban J connectivity index is 4.48. The van der Waals surface area contributed by atoms with Crippen LogP contribution in [-0.2, 0) is 9.53 Å². The molecular weight excluding hydrogens is 218 g/mol. The molecule has 17 heavy (non-hydrogen) atoms. The number of ether oxygens (including phenoxy) is 1. The summed E-state index contributed by atoms with van der Waals surface area (Å²) in [5, 5.41) is 0. The number of unbranched alkanes of at least 4 members (excludes halogenated alkanes) is 1. The molecule has 4 nitrogen and oxygen atoms in total. The summed E-state index contributed by atoms with van der Waals surface area (Å²) in [6, 6.07) is -0.559. The second-order valence-corrected chi connectivity index (χ2v) is 4.93. The number of hydrogen-bond acceptors (Lipinski definition) is 3. The van der Waals surface area contributed by atoms with Gasteiger partial charge < -0.3 is 9.53 Å². The molecule has 1 amide bonds. The number of nitrogens with zero attached hydrogens (tertiary/aromatic N) is 1. The van der Waals surface area contributed by atoms with Gasteiger partial charge in [0.05, 0.1) is 0 Å². The molecule has 0 bridgehead atoms. The zero-order valence-electron chi connectivity index (χ0n) is 11.4. The van der Waals surface area contributed by atoms with Crippen LogP contribution >= 0.6 is 0 Å². The van der Waals surface area contributed by atoms with Gasteiger partial charge in [0, 0.05) is 7.05 Å². The molecule has 0 aromatic carbocycles. The molecule has 0 aliphatic carbocycles. The number of likely N-dealkylation sites (N-methyl/N-ethyl adjacent to an activating group) is 1. The van der Waals surface area contributed by atoms with Gasteiger partial charge in [-0.2, -0.15) is 0 Å². The molecule has 0 radical (unpaired) electrons. The van der Waals surface area contributed by atoms with E-state index in [1.165, 1.54) is 4.90 Å². The number of amides is 1. The van der Waals surface area contributed by atoms with Gasteiger partial charge in [0.1, 0.15) is 17.9 Å². The molecule has 0 saturated heterocycles. The van der Waals surface area contributed by atoms with E-state index in [4.69, 9.17) is 4.74 Å². The third-order valence-corrected chi connectivity index (χ3v) is 2.06. The van der Waals surface area contributed by atoms with E-state index < -0.39 is 17.7 Å². The highest BCUT2D eigenvalue weighted by Gasteiger charge is 2.23. The zero-order valence-corrected chi connectivity index (χ0v) is 11.4. The monoisotopic (exact) mass is 241 g/mol. The lowest BCUT2D eigenvalue weighted by atomic mass is 10.2. The summed E-state index contributed by atoms with van der Waals surface area (Å²) < 4.78 is 5.18. The summed E-state index contributed by atoms with van der Waals surface area (Å²) in [6.45, 7) is 7.43. The fraction of sp³-hybridized carbons (Fsp3) is 0.692.